The third-order valence-corrected chi connectivity index (χ3v) is 1.41. The van der Waals surface area contributed by atoms with E-state index in [4.69, 9.17) is 5.11 Å². The SMILES string of the molecule is CO.c1ccc2ncncc2c1. The molecule has 0 fully saturated rings. The van der Waals surface area contributed by atoms with Crippen LogP contribution in [0.2, 0.25) is 0 Å². The topological polar surface area (TPSA) is 46.0 Å². The molecule has 62 valence electrons. The Morgan fingerprint density at radius 3 is 2.67 bits per heavy atom. The Kier molecular flexibility index (Phi) is 3.17. The molecule has 0 radical (unpaired) electrons. The maximum Gasteiger partial charge on any atom is 0.116 e. The first-order valence-electron chi connectivity index (χ1n) is 3.56. The summed E-state index contributed by atoms with van der Waals surface area (Å²) in [6.07, 6.45) is 3.37. The van der Waals surface area contributed by atoms with Gasteiger partial charge in [0.1, 0.15) is 6.33 Å². The Bertz CT molecular complexity index is 284. The highest BCUT2D eigenvalue weighted by Crippen LogP contribution is 2.06. The first kappa shape index (κ1) is 8.62. The van der Waals surface area contributed by atoms with Crippen LogP contribution in [0.5, 0.6) is 0 Å². The molecule has 0 aliphatic heterocycles. The second-order valence-corrected chi connectivity index (χ2v) is 2.08. The number of fused-ring (bicyclic) bond motifs is 1. The molecule has 1 heterocycles. The molecule has 2 rings (SSSR count). The van der Waals surface area contributed by atoms with Crippen molar-refractivity contribution in [2.45, 2.75) is 0 Å². The summed E-state index contributed by atoms with van der Waals surface area (Å²) in [6, 6.07) is 7.91. The standard InChI is InChI=1S/C8H6N2.CH4O/c1-2-4-8-7(3-1)5-9-6-10-8;1-2/h1-6H;2H,1H3. The van der Waals surface area contributed by atoms with Gasteiger partial charge in [0.15, 0.2) is 0 Å². The van der Waals surface area contributed by atoms with E-state index < -0.39 is 0 Å². The quantitative estimate of drug-likeness (QED) is 0.634. The number of rotatable bonds is 0. The maximum atomic E-state index is 7.00. The van der Waals surface area contributed by atoms with E-state index in [9.17, 15) is 0 Å². The minimum absolute atomic E-state index is 0.998. The van der Waals surface area contributed by atoms with Crippen LogP contribution in [0.4, 0.5) is 0 Å². The molecule has 12 heavy (non-hydrogen) atoms. The lowest BCUT2D eigenvalue weighted by atomic mass is 10.2. The van der Waals surface area contributed by atoms with Crippen molar-refractivity contribution >= 4 is 10.9 Å². The van der Waals surface area contributed by atoms with Gasteiger partial charge in [-0.2, -0.15) is 0 Å². The Labute approximate surface area is 70.7 Å². The molecule has 0 aliphatic carbocycles. The van der Waals surface area contributed by atoms with Crippen LogP contribution in [0, 0.1) is 0 Å². The predicted octanol–water partition coefficient (Wildman–Crippen LogP) is 1.24. The lowest BCUT2D eigenvalue weighted by Crippen LogP contribution is -1.77. The van der Waals surface area contributed by atoms with Gasteiger partial charge in [0, 0.05) is 18.7 Å². The van der Waals surface area contributed by atoms with E-state index >= 15 is 0 Å². The fourth-order valence-corrected chi connectivity index (χ4v) is 0.923. The van der Waals surface area contributed by atoms with Crippen LogP contribution in [0.1, 0.15) is 0 Å². The Morgan fingerprint density at radius 1 is 1.17 bits per heavy atom. The van der Waals surface area contributed by atoms with Crippen LogP contribution in [0.3, 0.4) is 0 Å². The number of hydrogen-bond donors (Lipinski definition) is 1. The molecular formula is C9H10N2O. The predicted molar refractivity (Wildman–Crippen MR) is 47.7 cm³/mol. The van der Waals surface area contributed by atoms with Crippen molar-refractivity contribution in [3.8, 4) is 0 Å². The Morgan fingerprint density at radius 2 is 1.92 bits per heavy atom. The monoisotopic (exact) mass is 162 g/mol. The second-order valence-electron chi connectivity index (χ2n) is 2.08. The van der Waals surface area contributed by atoms with Crippen molar-refractivity contribution in [2.24, 2.45) is 0 Å². The Balaban J connectivity index is 0.000000336. The van der Waals surface area contributed by atoms with Crippen LogP contribution >= 0.6 is 0 Å². The lowest BCUT2D eigenvalue weighted by molar-refractivity contribution is 0.399. The third kappa shape index (κ3) is 1.77. The summed E-state index contributed by atoms with van der Waals surface area (Å²) in [5.74, 6) is 0. The zero-order valence-corrected chi connectivity index (χ0v) is 6.81. The van der Waals surface area contributed by atoms with Crippen LogP contribution in [-0.4, -0.2) is 22.2 Å². The molecule has 1 aromatic heterocycles. The molecular weight excluding hydrogens is 152 g/mol. The van der Waals surface area contributed by atoms with Crippen molar-refractivity contribution in [3.05, 3.63) is 36.8 Å². The van der Waals surface area contributed by atoms with Gasteiger partial charge in [-0.3, -0.25) is 0 Å². The molecule has 1 aromatic carbocycles. The number of nitrogens with zero attached hydrogens (tertiary/aromatic N) is 2. The summed E-state index contributed by atoms with van der Waals surface area (Å²) in [6.45, 7) is 0. The highest BCUT2D eigenvalue weighted by atomic mass is 16.2. The van der Waals surface area contributed by atoms with E-state index in [1.165, 1.54) is 0 Å². The summed E-state index contributed by atoms with van der Waals surface area (Å²) >= 11 is 0. The molecule has 0 spiro atoms. The number of aromatic nitrogens is 2. The van der Waals surface area contributed by atoms with E-state index in [2.05, 4.69) is 9.97 Å². The molecule has 3 nitrogen and oxygen atoms in total. The van der Waals surface area contributed by atoms with Crippen molar-refractivity contribution in [1.29, 1.82) is 0 Å². The molecule has 3 heteroatoms. The number of aliphatic hydroxyl groups is 1. The number of para-hydroxylation sites is 1. The second kappa shape index (κ2) is 4.41. The molecule has 0 aliphatic rings. The highest BCUT2D eigenvalue weighted by Gasteiger charge is 1.87. The largest absolute Gasteiger partial charge is 0.400 e. The minimum atomic E-state index is 0.998. The van der Waals surface area contributed by atoms with Crippen LogP contribution in [0.15, 0.2) is 36.8 Å². The third-order valence-electron chi connectivity index (χ3n) is 1.41. The number of hydrogen-bond acceptors (Lipinski definition) is 3. The zero-order valence-electron chi connectivity index (χ0n) is 6.81. The minimum Gasteiger partial charge on any atom is -0.400 e. The van der Waals surface area contributed by atoms with Gasteiger partial charge in [-0.1, -0.05) is 18.2 Å². The molecule has 0 saturated carbocycles. The Hall–Kier alpha value is -1.48. The van der Waals surface area contributed by atoms with Gasteiger partial charge in [-0.15, -0.1) is 0 Å². The van der Waals surface area contributed by atoms with Crippen LogP contribution < -0.4 is 0 Å². The van der Waals surface area contributed by atoms with Gasteiger partial charge in [0.25, 0.3) is 0 Å². The van der Waals surface area contributed by atoms with E-state index in [-0.39, 0.29) is 0 Å². The average Bonchev–Trinajstić information content (AvgIpc) is 2.21. The summed E-state index contributed by atoms with van der Waals surface area (Å²) in [5.41, 5.74) is 0.998. The van der Waals surface area contributed by atoms with Gasteiger partial charge < -0.3 is 5.11 Å². The smallest absolute Gasteiger partial charge is 0.116 e. The summed E-state index contributed by atoms with van der Waals surface area (Å²) in [7, 11) is 1.00. The first-order valence-corrected chi connectivity index (χ1v) is 3.56. The van der Waals surface area contributed by atoms with E-state index in [1.54, 1.807) is 6.33 Å². The van der Waals surface area contributed by atoms with Gasteiger partial charge in [-0.25, -0.2) is 9.97 Å². The summed E-state index contributed by atoms with van der Waals surface area (Å²) < 4.78 is 0. The van der Waals surface area contributed by atoms with E-state index in [0.717, 1.165) is 18.0 Å². The van der Waals surface area contributed by atoms with Crippen LogP contribution in [0.25, 0.3) is 10.9 Å². The van der Waals surface area contributed by atoms with E-state index in [1.807, 2.05) is 30.5 Å². The molecule has 0 bridgehead atoms. The average molecular weight is 162 g/mol. The summed E-state index contributed by atoms with van der Waals surface area (Å²) in [5, 5.41) is 8.09. The van der Waals surface area contributed by atoms with Gasteiger partial charge in [0.2, 0.25) is 0 Å². The molecule has 0 atom stereocenters. The maximum absolute atomic E-state index is 7.00. The van der Waals surface area contributed by atoms with Crippen molar-refractivity contribution in [3.63, 3.8) is 0 Å². The van der Waals surface area contributed by atoms with Crippen molar-refractivity contribution in [2.75, 3.05) is 7.11 Å². The first-order chi connectivity index (χ1) is 5.97. The van der Waals surface area contributed by atoms with E-state index in [0.29, 0.717) is 0 Å². The van der Waals surface area contributed by atoms with Gasteiger partial charge >= 0.3 is 0 Å². The highest BCUT2D eigenvalue weighted by molar-refractivity contribution is 5.76. The zero-order chi connectivity index (χ0) is 8.81. The molecule has 1 N–H and O–H groups in total. The summed E-state index contributed by atoms with van der Waals surface area (Å²) in [4.78, 5) is 7.97. The van der Waals surface area contributed by atoms with Crippen LogP contribution in [-0.2, 0) is 0 Å². The number of aliphatic hydroxyl groups excluding tert-OH is 1. The lowest BCUT2D eigenvalue weighted by Gasteiger charge is -1.90. The number of benzene rings is 1. The fraction of sp³-hybridized carbons (Fsp3) is 0.111. The molecule has 0 unspecified atom stereocenters. The molecule has 2 aromatic rings. The van der Waals surface area contributed by atoms with Crippen molar-refractivity contribution in [1.82, 2.24) is 9.97 Å². The molecule has 0 saturated heterocycles. The van der Waals surface area contributed by atoms with Gasteiger partial charge in [0.05, 0.1) is 5.52 Å². The fourth-order valence-electron chi connectivity index (χ4n) is 0.923. The molecule has 0 amide bonds. The van der Waals surface area contributed by atoms with Gasteiger partial charge in [-0.05, 0) is 6.07 Å². The van der Waals surface area contributed by atoms with Crippen molar-refractivity contribution < 1.29 is 5.11 Å². The normalized spacial score (nSPS) is 8.83.